The van der Waals surface area contributed by atoms with E-state index in [1.165, 1.54) is 0 Å². The summed E-state index contributed by atoms with van der Waals surface area (Å²) in [6.45, 7) is 7.39. The summed E-state index contributed by atoms with van der Waals surface area (Å²) in [5.74, 6) is 0.0335. The van der Waals surface area contributed by atoms with E-state index in [4.69, 9.17) is 0 Å². The fourth-order valence-electron chi connectivity index (χ4n) is 2.00. The molecule has 18 heavy (non-hydrogen) atoms. The second-order valence-electron chi connectivity index (χ2n) is 4.05. The van der Waals surface area contributed by atoms with E-state index in [9.17, 15) is 4.79 Å². The predicted molar refractivity (Wildman–Crippen MR) is 72.8 cm³/mol. The van der Waals surface area contributed by atoms with Crippen molar-refractivity contribution in [1.82, 2.24) is 9.97 Å². The van der Waals surface area contributed by atoms with Crippen LogP contribution in [0.2, 0.25) is 0 Å². The van der Waals surface area contributed by atoms with Gasteiger partial charge in [-0.15, -0.1) is 13.2 Å². The molecule has 92 valence electrons. The summed E-state index contributed by atoms with van der Waals surface area (Å²) in [7, 11) is 0. The maximum atomic E-state index is 12.5. The van der Waals surface area contributed by atoms with Gasteiger partial charge in [0, 0.05) is 47.8 Å². The van der Waals surface area contributed by atoms with E-state index in [0.29, 0.717) is 24.0 Å². The second kappa shape index (κ2) is 5.36. The van der Waals surface area contributed by atoms with Gasteiger partial charge < -0.3 is 9.97 Å². The Morgan fingerprint density at radius 1 is 1.00 bits per heavy atom. The Morgan fingerprint density at radius 3 is 1.83 bits per heavy atom. The Morgan fingerprint density at radius 2 is 1.44 bits per heavy atom. The number of hydrogen-bond acceptors (Lipinski definition) is 1. The van der Waals surface area contributed by atoms with E-state index in [1.54, 1.807) is 24.5 Å². The highest BCUT2D eigenvalue weighted by atomic mass is 16.1. The first kappa shape index (κ1) is 12.2. The number of aromatic nitrogens is 2. The minimum absolute atomic E-state index is 0.0335. The van der Waals surface area contributed by atoms with Crippen molar-refractivity contribution in [3.8, 4) is 0 Å². The number of nitrogens with one attached hydrogen (secondary N) is 2. The molecule has 3 nitrogen and oxygen atoms in total. The van der Waals surface area contributed by atoms with Crippen molar-refractivity contribution >= 4 is 5.78 Å². The van der Waals surface area contributed by atoms with Crippen LogP contribution in [0.15, 0.2) is 49.8 Å². The van der Waals surface area contributed by atoms with Crippen molar-refractivity contribution in [2.24, 2.45) is 0 Å². The number of carbonyl (C=O) groups excluding carboxylic acids is 1. The maximum Gasteiger partial charge on any atom is 0.196 e. The zero-order valence-corrected chi connectivity index (χ0v) is 10.2. The molecular formula is C15H16N2O. The van der Waals surface area contributed by atoms with Crippen LogP contribution in [-0.2, 0) is 12.8 Å². The summed E-state index contributed by atoms with van der Waals surface area (Å²) >= 11 is 0. The van der Waals surface area contributed by atoms with Crippen LogP contribution >= 0.6 is 0 Å². The number of hydrogen-bond donors (Lipinski definition) is 2. The lowest BCUT2D eigenvalue weighted by Crippen LogP contribution is -2.05. The molecule has 0 amide bonds. The van der Waals surface area contributed by atoms with Crippen LogP contribution in [0, 0.1) is 0 Å². The van der Waals surface area contributed by atoms with Crippen molar-refractivity contribution in [2.75, 3.05) is 0 Å². The second-order valence-corrected chi connectivity index (χ2v) is 4.05. The lowest BCUT2D eigenvalue weighted by atomic mass is 10.0. The van der Waals surface area contributed by atoms with Gasteiger partial charge in [-0.25, -0.2) is 0 Å². The average Bonchev–Trinajstić information content (AvgIpc) is 2.98. The molecule has 0 radical (unpaired) electrons. The van der Waals surface area contributed by atoms with Crippen LogP contribution in [0.5, 0.6) is 0 Å². The fourth-order valence-corrected chi connectivity index (χ4v) is 2.00. The van der Waals surface area contributed by atoms with Gasteiger partial charge in [-0.2, -0.15) is 0 Å². The molecule has 0 saturated carbocycles. The zero-order valence-electron chi connectivity index (χ0n) is 10.2. The van der Waals surface area contributed by atoms with Crippen molar-refractivity contribution < 1.29 is 4.79 Å². The van der Waals surface area contributed by atoms with Crippen molar-refractivity contribution in [3.63, 3.8) is 0 Å². The first-order valence-corrected chi connectivity index (χ1v) is 5.87. The van der Waals surface area contributed by atoms with Crippen LogP contribution in [0.3, 0.4) is 0 Å². The summed E-state index contributed by atoms with van der Waals surface area (Å²) in [6, 6.07) is 3.62. The molecule has 0 aliphatic carbocycles. The molecule has 0 spiro atoms. The molecule has 2 aromatic heterocycles. The lowest BCUT2D eigenvalue weighted by molar-refractivity contribution is 0.103. The van der Waals surface area contributed by atoms with E-state index >= 15 is 0 Å². The van der Waals surface area contributed by atoms with Gasteiger partial charge in [-0.3, -0.25) is 4.79 Å². The fraction of sp³-hybridized carbons (Fsp3) is 0.133. The number of allylic oxidation sites excluding steroid dienone is 2. The van der Waals surface area contributed by atoms with Crippen LogP contribution < -0.4 is 0 Å². The summed E-state index contributed by atoms with van der Waals surface area (Å²) < 4.78 is 0. The highest BCUT2D eigenvalue weighted by Crippen LogP contribution is 2.17. The smallest absolute Gasteiger partial charge is 0.196 e. The van der Waals surface area contributed by atoms with Gasteiger partial charge in [0.15, 0.2) is 5.78 Å². The Labute approximate surface area is 106 Å². The quantitative estimate of drug-likeness (QED) is 0.591. The normalized spacial score (nSPS) is 10.2. The Bertz CT molecular complexity index is 525. The number of rotatable bonds is 6. The predicted octanol–water partition coefficient (Wildman–Crippen LogP) is 3.03. The monoisotopic (exact) mass is 240 g/mol. The molecule has 0 aliphatic rings. The Hall–Kier alpha value is -2.29. The highest BCUT2D eigenvalue weighted by Gasteiger charge is 2.17. The Balaban J connectivity index is 2.35. The number of ketones is 1. The molecule has 0 atom stereocenters. The third kappa shape index (κ3) is 2.20. The van der Waals surface area contributed by atoms with Crippen LogP contribution in [0.25, 0.3) is 0 Å². The van der Waals surface area contributed by atoms with Crippen LogP contribution in [-0.4, -0.2) is 15.8 Å². The minimum Gasteiger partial charge on any atom is -0.364 e. The molecule has 2 rings (SSSR count). The number of aromatic amines is 2. The minimum atomic E-state index is 0.0335. The molecule has 0 aliphatic heterocycles. The van der Waals surface area contributed by atoms with Gasteiger partial charge in [-0.05, 0) is 12.1 Å². The van der Waals surface area contributed by atoms with E-state index in [0.717, 1.165) is 11.4 Å². The standard InChI is InChI=1S/C15H16N2O/c1-3-5-13-11(7-9-16-13)15(18)12-8-10-17-14(12)6-4-2/h3-4,7-10,16-17H,1-2,5-6H2. The molecule has 0 saturated heterocycles. The van der Waals surface area contributed by atoms with Crippen molar-refractivity contribution in [2.45, 2.75) is 12.8 Å². The van der Waals surface area contributed by atoms with Crippen molar-refractivity contribution in [1.29, 1.82) is 0 Å². The summed E-state index contributed by atoms with van der Waals surface area (Å²) in [6.07, 6.45) is 8.46. The van der Waals surface area contributed by atoms with Gasteiger partial charge >= 0.3 is 0 Å². The van der Waals surface area contributed by atoms with E-state index < -0.39 is 0 Å². The topological polar surface area (TPSA) is 48.6 Å². The first-order valence-electron chi connectivity index (χ1n) is 5.87. The lowest BCUT2D eigenvalue weighted by Gasteiger charge is -2.02. The SMILES string of the molecule is C=CCc1[nH]ccc1C(=O)c1cc[nH]c1CC=C. The van der Waals surface area contributed by atoms with Crippen LogP contribution in [0.4, 0.5) is 0 Å². The number of carbonyl (C=O) groups is 1. The molecule has 2 heterocycles. The van der Waals surface area contributed by atoms with Crippen molar-refractivity contribution in [3.05, 3.63) is 72.4 Å². The summed E-state index contributed by atoms with van der Waals surface area (Å²) in [5, 5.41) is 0. The van der Waals surface area contributed by atoms with Gasteiger partial charge in [0.1, 0.15) is 0 Å². The van der Waals surface area contributed by atoms with Gasteiger partial charge in [0.25, 0.3) is 0 Å². The first-order chi connectivity index (χ1) is 8.77. The van der Waals surface area contributed by atoms with E-state index in [2.05, 4.69) is 23.1 Å². The maximum absolute atomic E-state index is 12.5. The molecule has 2 N–H and O–H groups in total. The molecule has 0 aromatic carbocycles. The van der Waals surface area contributed by atoms with Gasteiger partial charge in [-0.1, -0.05) is 12.2 Å². The molecule has 0 fully saturated rings. The Kier molecular flexibility index (Phi) is 3.63. The van der Waals surface area contributed by atoms with Gasteiger partial charge in [0.2, 0.25) is 0 Å². The third-order valence-electron chi connectivity index (χ3n) is 2.85. The molecule has 3 heteroatoms. The highest BCUT2D eigenvalue weighted by molar-refractivity contribution is 6.10. The van der Waals surface area contributed by atoms with Crippen LogP contribution in [0.1, 0.15) is 27.3 Å². The molecule has 0 unspecified atom stereocenters. The number of H-pyrrole nitrogens is 2. The van der Waals surface area contributed by atoms with E-state index in [1.807, 2.05) is 12.1 Å². The summed E-state index contributed by atoms with van der Waals surface area (Å²) in [4.78, 5) is 18.6. The zero-order chi connectivity index (χ0) is 13.0. The third-order valence-corrected chi connectivity index (χ3v) is 2.85. The molecule has 2 aromatic rings. The largest absolute Gasteiger partial charge is 0.364 e. The van der Waals surface area contributed by atoms with Gasteiger partial charge in [0.05, 0.1) is 0 Å². The average molecular weight is 240 g/mol. The van der Waals surface area contributed by atoms with E-state index in [-0.39, 0.29) is 5.78 Å². The molecule has 0 bridgehead atoms. The molecular weight excluding hydrogens is 224 g/mol. The summed E-state index contributed by atoms with van der Waals surface area (Å²) in [5.41, 5.74) is 3.22.